The monoisotopic (exact) mass is 540 g/mol. The molecule has 13 heteroatoms. The third-order valence-corrected chi connectivity index (χ3v) is 6.95. The summed E-state index contributed by atoms with van der Waals surface area (Å²) in [6, 6.07) is 13.3. The molecular weight excluding hydrogens is 513 g/mol. The number of hydrogen-bond acceptors (Lipinski definition) is 7. The number of piperazine rings is 1. The van der Waals surface area contributed by atoms with Crippen LogP contribution < -0.4 is 15.3 Å². The predicted molar refractivity (Wildman–Crippen MR) is 128 cm³/mol. The predicted octanol–water partition coefficient (Wildman–Crippen LogP) is 2.05. The van der Waals surface area contributed by atoms with Crippen molar-refractivity contribution in [1.29, 1.82) is 0 Å². The van der Waals surface area contributed by atoms with E-state index in [0.717, 1.165) is 54.5 Å². The Morgan fingerprint density at radius 3 is 2.11 bits per heavy atom. The van der Waals surface area contributed by atoms with E-state index in [1.807, 2.05) is 30.3 Å². The van der Waals surface area contributed by atoms with E-state index >= 15 is 0 Å². The number of anilines is 1. The number of hydrogen-bond donors (Lipinski definition) is 1. The van der Waals surface area contributed by atoms with Gasteiger partial charge in [0.25, 0.3) is 11.6 Å². The minimum absolute atomic E-state index is 0.0902. The standard InChI is InChI=1S/C22H26N4O3S.C2HF3O2/c27-22(25-13-9-23-10-14-25)18-15-21(30-17-7-3-1-4-8-17)20(16-19(18)26(28)29)24-11-5-2-6-12-24;3-2(4,5)1(6)7/h1,3-4,7-8,15-16,23H,2,5-6,9-14H2;(H,6,7). The highest BCUT2D eigenvalue weighted by atomic mass is 32.2. The van der Waals surface area contributed by atoms with E-state index in [0.29, 0.717) is 13.1 Å². The van der Waals surface area contributed by atoms with Crippen LogP contribution >= 0.6 is 11.8 Å². The number of amides is 1. The van der Waals surface area contributed by atoms with Gasteiger partial charge in [0.2, 0.25) is 0 Å². The Morgan fingerprint density at radius 2 is 1.57 bits per heavy atom. The summed E-state index contributed by atoms with van der Waals surface area (Å²) in [7, 11) is 0. The molecule has 2 saturated heterocycles. The minimum atomic E-state index is -5.19. The zero-order chi connectivity index (χ0) is 27.0. The molecular formula is C24H27F3N4O5S. The van der Waals surface area contributed by atoms with Crippen LogP contribution in [0, 0.1) is 10.1 Å². The van der Waals surface area contributed by atoms with Crippen LogP contribution in [0.1, 0.15) is 29.6 Å². The van der Waals surface area contributed by atoms with Gasteiger partial charge in [-0.2, -0.15) is 13.2 Å². The lowest BCUT2D eigenvalue weighted by Crippen LogP contribution is -2.89. The zero-order valence-electron chi connectivity index (χ0n) is 19.9. The van der Waals surface area contributed by atoms with Crippen molar-refractivity contribution < 1.29 is 38.1 Å². The molecule has 2 N–H and O–H groups in total. The van der Waals surface area contributed by atoms with Crippen molar-refractivity contribution in [2.75, 3.05) is 44.2 Å². The van der Waals surface area contributed by atoms with E-state index in [9.17, 15) is 28.1 Å². The number of benzene rings is 2. The van der Waals surface area contributed by atoms with Gasteiger partial charge in [-0.3, -0.25) is 14.9 Å². The minimum Gasteiger partial charge on any atom is -0.542 e. The van der Waals surface area contributed by atoms with Crippen molar-refractivity contribution in [3.8, 4) is 0 Å². The molecule has 0 unspecified atom stereocenters. The maximum Gasteiger partial charge on any atom is 0.430 e. The van der Waals surface area contributed by atoms with Crippen molar-refractivity contribution in [3.63, 3.8) is 0 Å². The molecule has 0 atom stereocenters. The maximum atomic E-state index is 13.2. The van der Waals surface area contributed by atoms with E-state index in [4.69, 9.17) is 9.90 Å². The summed E-state index contributed by atoms with van der Waals surface area (Å²) in [5.41, 5.74) is 0.965. The number of carboxylic acid groups (broad SMARTS) is 1. The first kappa shape index (κ1) is 28.3. The van der Waals surface area contributed by atoms with Gasteiger partial charge in [0.15, 0.2) is 0 Å². The summed E-state index contributed by atoms with van der Waals surface area (Å²) in [5.74, 6) is -3.25. The summed E-state index contributed by atoms with van der Waals surface area (Å²) in [6.45, 7) is 4.66. The van der Waals surface area contributed by atoms with E-state index in [1.165, 1.54) is 6.42 Å². The van der Waals surface area contributed by atoms with Gasteiger partial charge in [0.1, 0.15) is 11.5 Å². The Bertz CT molecular complexity index is 1110. The molecule has 0 spiro atoms. The molecule has 200 valence electrons. The molecule has 0 saturated carbocycles. The molecule has 2 aliphatic rings. The third kappa shape index (κ3) is 7.83. The molecule has 2 aliphatic heterocycles. The average molecular weight is 541 g/mol. The van der Waals surface area contributed by atoms with Crippen LogP contribution in [-0.2, 0) is 4.79 Å². The van der Waals surface area contributed by atoms with Crippen molar-refractivity contribution in [1.82, 2.24) is 4.90 Å². The highest BCUT2D eigenvalue weighted by Gasteiger charge is 2.30. The van der Waals surface area contributed by atoms with Gasteiger partial charge < -0.3 is 25.0 Å². The summed E-state index contributed by atoms with van der Waals surface area (Å²) in [6.07, 6.45) is -1.86. The van der Waals surface area contributed by atoms with Crippen LogP contribution in [0.3, 0.4) is 0 Å². The van der Waals surface area contributed by atoms with Crippen LogP contribution in [0.5, 0.6) is 0 Å². The molecule has 1 amide bonds. The van der Waals surface area contributed by atoms with Gasteiger partial charge in [0, 0.05) is 28.9 Å². The first-order chi connectivity index (χ1) is 17.6. The van der Waals surface area contributed by atoms with Crippen molar-refractivity contribution in [2.24, 2.45) is 0 Å². The van der Waals surface area contributed by atoms with Gasteiger partial charge in [-0.05, 0) is 37.5 Å². The van der Waals surface area contributed by atoms with E-state index in [1.54, 1.807) is 28.8 Å². The Labute approximate surface area is 215 Å². The quantitative estimate of drug-likeness (QED) is 0.455. The first-order valence-electron chi connectivity index (χ1n) is 11.8. The van der Waals surface area contributed by atoms with Crippen LogP contribution in [0.2, 0.25) is 0 Å². The number of alkyl halides is 3. The van der Waals surface area contributed by atoms with Crippen molar-refractivity contribution in [2.45, 2.75) is 35.2 Å². The Morgan fingerprint density at radius 1 is 0.973 bits per heavy atom. The van der Waals surface area contributed by atoms with Crippen LogP contribution in [0.4, 0.5) is 24.5 Å². The Kier molecular flexibility index (Phi) is 9.75. The molecule has 0 aromatic heterocycles. The summed E-state index contributed by atoms with van der Waals surface area (Å²) >= 11 is 1.57. The number of nitrogens with two attached hydrogens (primary N) is 1. The molecule has 4 rings (SSSR count). The van der Waals surface area contributed by atoms with Gasteiger partial charge >= 0.3 is 6.18 Å². The second kappa shape index (κ2) is 12.8. The van der Waals surface area contributed by atoms with Gasteiger partial charge in [-0.15, -0.1) is 0 Å². The van der Waals surface area contributed by atoms with Crippen molar-refractivity contribution in [3.05, 3.63) is 58.1 Å². The third-order valence-electron chi connectivity index (χ3n) is 5.90. The second-order valence-electron chi connectivity index (χ2n) is 8.50. The molecule has 2 aromatic carbocycles. The first-order valence-corrected chi connectivity index (χ1v) is 12.6. The fourth-order valence-corrected chi connectivity index (χ4v) is 5.10. The number of nitro benzene ring substituents is 1. The molecule has 2 heterocycles. The van der Waals surface area contributed by atoms with Crippen molar-refractivity contribution >= 4 is 35.0 Å². The highest BCUT2D eigenvalue weighted by Crippen LogP contribution is 2.40. The summed E-state index contributed by atoms with van der Waals surface area (Å²) in [4.78, 5) is 39.4. The lowest BCUT2D eigenvalue weighted by atomic mass is 10.1. The van der Waals surface area contributed by atoms with E-state index in [2.05, 4.69) is 10.2 Å². The Balaban J connectivity index is 0.000000479. The average Bonchev–Trinajstić information content (AvgIpc) is 2.89. The fraction of sp³-hybridized carbons (Fsp3) is 0.417. The topological polar surface area (TPSA) is 123 Å². The molecule has 0 radical (unpaired) electrons. The number of carboxylic acids is 1. The molecule has 9 nitrogen and oxygen atoms in total. The van der Waals surface area contributed by atoms with Crippen LogP contribution in [-0.4, -0.2) is 67.1 Å². The normalized spacial score (nSPS) is 16.0. The van der Waals surface area contributed by atoms with Gasteiger partial charge in [-0.25, -0.2) is 0 Å². The Hall–Kier alpha value is -3.32. The number of rotatable bonds is 5. The number of aliphatic carboxylic acids is 1. The van der Waals surface area contributed by atoms with Gasteiger partial charge in [-0.1, -0.05) is 30.0 Å². The molecule has 0 aliphatic carbocycles. The van der Waals surface area contributed by atoms with E-state index in [-0.39, 0.29) is 17.2 Å². The number of nitrogens with zero attached hydrogens (tertiary/aromatic N) is 3. The SMILES string of the molecule is O=C([O-])C(F)(F)F.O=C(c1cc(Sc2ccccc2)c(N2CCCCC2)cc1[N+](=O)[O-])N1CC[NH2+]CC1. The zero-order valence-corrected chi connectivity index (χ0v) is 20.7. The fourth-order valence-electron chi connectivity index (χ4n) is 4.08. The maximum absolute atomic E-state index is 13.2. The number of carbonyl (C=O) groups excluding carboxylic acids is 2. The van der Waals surface area contributed by atoms with Gasteiger partial charge in [0.05, 0.1) is 36.8 Å². The number of carbonyl (C=O) groups is 2. The van der Waals surface area contributed by atoms with Crippen LogP contribution in [0.25, 0.3) is 0 Å². The van der Waals surface area contributed by atoms with Crippen LogP contribution in [0.15, 0.2) is 52.3 Å². The highest BCUT2D eigenvalue weighted by molar-refractivity contribution is 7.99. The lowest BCUT2D eigenvalue weighted by Gasteiger charge is -2.31. The summed E-state index contributed by atoms with van der Waals surface area (Å²) < 4.78 is 31.5. The number of quaternary nitrogens is 1. The smallest absolute Gasteiger partial charge is 0.430 e. The number of nitro groups is 1. The van der Waals surface area contributed by atoms with E-state index < -0.39 is 17.1 Å². The lowest BCUT2D eigenvalue weighted by molar-refractivity contribution is -0.661. The summed E-state index contributed by atoms with van der Waals surface area (Å²) in [5, 5.41) is 22.9. The number of piperidine rings is 1. The number of halogens is 3. The molecule has 0 bridgehead atoms. The molecule has 2 fully saturated rings. The molecule has 2 aromatic rings. The molecule has 37 heavy (non-hydrogen) atoms. The second-order valence-corrected chi connectivity index (χ2v) is 9.62. The largest absolute Gasteiger partial charge is 0.542 e.